The highest BCUT2D eigenvalue weighted by Crippen LogP contribution is 2.44. The van der Waals surface area contributed by atoms with E-state index in [9.17, 15) is 40.2 Å². The Kier molecular flexibility index (Phi) is 7.82. The van der Waals surface area contributed by atoms with Crippen LogP contribution < -0.4 is 9.64 Å². The summed E-state index contributed by atoms with van der Waals surface area (Å²) < 4.78 is 111. The third-order valence-corrected chi connectivity index (χ3v) is 5.23. The second-order valence-corrected chi connectivity index (χ2v) is 8.12. The van der Waals surface area contributed by atoms with Gasteiger partial charge in [-0.1, -0.05) is 42.0 Å². The second kappa shape index (κ2) is 10.3. The minimum atomic E-state index is -5.85. The smallest absolute Gasteiger partial charge is 0.457 e. The quantitative estimate of drug-likeness (QED) is 0.316. The van der Waals surface area contributed by atoms with Crippen LogP contribution in [0.25, 0.3) is 0 Å². The summed E-state index contributed by atoms with van der Waals surface area (Å²) in [5, 5.41) is 9.65. The van der Waals surface area contributed by atoms with Gasteiger partial charge < -0.3 is 14.7 Å². The molecule has 0 spiro atoms. The number of rotatable bonds is 8. The van der Waals surface area contributed by atoms with Crippen molar-refractivity contribution in [3.63, 3.8) is 0 Å². The summed E-state index contributed by atoms with van der Waals surface area (Å²) >= 11 is 0. The summed E-state index contributed by atoms with van der Waals surface area (Å²) in [4.78, 5) is 1.02. The number of ether oxygens (including phenoxy) is 1. The Morgan fingerprint density at radius 3 is 2.06 bits per heavy atom. The summed E-state index contributed by atoms with van der Waals surface area (Å²) in [6.07, 6.45) is -13.6. The summed E-state index contributed by atoms with van der Waals surface area (Å²) in [6.45, 7) is 0.369. The molecule has 0 saturated carbocycles. The van der Waals surface area contributed by atoms with Crippen molar-refractivity contribution in [1.29, 1.82) is 0 Å². The first-order valence-electron chi connectivity index (χ1n) is 10.5. The fourth-order valence-electron chi connectivity index (χ4n) is 3.31. The molecule has 0 aromatic heterocycles. The zero-order valence-electron chi connectivity index (χ0n) is 18.7. The van der Waals surface area contributed by atoms with Gasteiger partial charge in [0.05, 0.1) is 6.54 Å². The van der Waals surface area contributed by atoms with Crippen LogP contribution in [0.3, 0.4) is 0 Å². The molecular formula is C25H21F8NO2. The van der Waals surface area contributed by atoms with Crippen LogP contribution in [0.5, 0.6) is 11.5 Å². The van der Waals surface area contributed by atoms with Crippen LogP contribution in [-0.2, 0) is 12.5 Å². The van der Waals surface area contributed by atoms with Gasteiger partial charge >= 0.3 is 18.3 Å². The minimum Gasteiger partial charge on any atom is -0.457 e. The average molecular weight is 519 g/mol. The number of alkyl halides is 8. The van der Waals surface area contributed by atoms with Crippen molar-refractivity contribution < 1.29 is 45.0 Å². The standard InChI is InChI=1S/C25H21F8NO2/c1-16-8-10-20(11-9-16)36-21-7-3-6-19(13-21)34(15-22(35)24(28,29)30)14-17-4-2-5-18(12-17)23(26,27)25(31,32)33/h2-13,22,35H,14-15H2,1H3/t22-/m1/s1. The number of hydrogen-bond acceptors (Lipinski definition) is 3. The van der Waals surface area contributed by atoms with E-state index in [1.807, 2.05) is 6.92 Å². The molecule has 3 nitrogen and oxygen atoms in total. The lowest BCUT2D eigenvalue weighted by Gasteiger charge is -2.29. The van der Waals surface area contributed by atoms with Crippen LogP contribution in [-0.4, -0.2) is 30.1 Å². The van der Waals surface area contributed by atoms with Gasteiger partial charge in [0, 0.05) is 23.9 Å². The number of hydrogen-bond donors (Lipinski definition) is 1. The molecule has 0 heterocycles. The van der Waals surface area contributed by atoms with Crippen molar-refractivity contribution in [2.45, 2.75) is 37.8 Å². The Bertz CT molecular complexity index is 1160. The van der Waals surface area contributed by atoms with E-state index in [0.717, 1.165) is 16.5 Å². The molecule has 0 aliphatic heterocycles. The molecule has 0 unspecified atom stereocenters. The lowest BCUT2D eigenvalue weighted by atomic mass is 10.0. The van der Waals surface area contributed by atoms with Crippen LogP contribution in [0.2, 0.25) is 0 Å². The molecule has 3 aromatic rings. The topological polar surface area (TPSA) is 32.7 Å². The van der Waals surface area contributed by atoms with E-state index < -0.39 is 43.0 Å². The largest absolute Gasteiger partial charge is 0.458 e. The van der Waals surface area contributed by atoms with Crippen molar-refractivity contribution in [3.8, 4) is 11.5 Å². The molecular weight excluding hydrogens is 498 g/mol. The summed E-state index contributed by atoms with van der Waals surface area (Å²) in [5.41, 5.74) is -0.367. The fourth-order valence-corrected chi connectivity index (χ4v) is 3.31. The second-order valence-electron chi connectivity index (χ2n) is 8.12. The molecule has 3 rings (SSSR count). The van der Waals surface area contributed by atoms with Gasteiger partial charge in [-0.3, -0.25) is 0 Å². The zero-order chi connectivity index (χ0) is 26.7. The van der Waals surface area contributed by atoms with Crippen molar-refractivity contribution in [3.05, 3.63) is 89.5 Å². The van der Waals surface area contributed by atoms with Crippen molar-refractivity contribution >= 4 is 5.69 Å². The van der Waals surface area contributed by atoms with Crippen LogP contribution in [0.1, 0.15) is 16.7 Å². The average Bonchev–Trinajstić information content (AvgIpc) is 2.79. The maximum atomic E-state index is 13.8. The summed E-state index contributed by atoms with van der Waals surface area (Å²) in [7, 11) is 0. The number of halogens is 8. The molecule has 1 atom stereocenters. The van der Waals surface area contributed by atoms with E-state index >= 15 is 0 Å². The van der Waals surface area contributed by atoms with Crippen molar-refractivity contribution in [1.82, 2.24) is 0 Å². The third-order valence-electron chi connectivity index (χ3n) is 5.23. The van der Waals surface area contributed by atoms with Gasteiger partial charge in [-0.2, -0.15) is 35.1 Å². The number of nitrogens with zero attached hydrogens (tertiary/aromatic N) is 1. The van der Waals surface area contributed by atoms with E-state index in [-0.39, 0.29) is 17.0 Å². The normalized spacial score (nSPS) is 13.4. The van der Waals surface area contributed by atoms with Crippen LogP contribution in [0, 0.1) is 6.92 Å². The first-order chi connectivity index (χ1) is 16.7. The summed E-state index contributed by atoms with van der Waals surface area (Å²) in [5.74, 6) is -4.47. The molecule has 0 bridgehead atoms. The molecule has 0 saturated heterocycles. The maximum absolute atomic E-state index is 13.8. The van der Waals surface area contributed by atoms with E-state index in [2.05, 4.69) is 0 Å². The number of aryl methyl sites for hydroxylation is 1. The van der Waals surface area contributed by atoms with E-state index in [1.165, 1.54) is 30.3 Å². The molecule has 0 radical (unpaired) electrons. The molecule has 11 heteroatoms. The Hall–Kier alpha value is -3.34. The molecule has 0 fully saturated rings. The Labute approximate surface area is 201 Å². The highest BCUT2D eigenvalue weighted by molar-refractivity contribution is 5.52. The predicted molar refractivity (Wildman–Crippen MR) is 117 cm³/mol. The van der Waals surface area contributed by atoms with Gasteiger partial charge in [0.15, 0.2) is 6.10 Å². The third kappa shape index (κ3) is 6.66. The first-order valence-corrected chi connectivity index (χ1v) is 10.5. The number of benzene rings is 3. The Morgan fingerprint density at radius 2 is 1.44 bits per heavy atom. The Morgan fingerprint density at radius 1 is 0.806 bits per heavy atom. The van der Waals surface area contributed by atoms with E-state index in [0.29, 0.717) is 17.9 Å². The van der Waals surface area contributed by atoms with Crippen LogP contribution >= 0.6 is 0 Å². The van der Waals surface area contributed by atoms with Gasteiger partial charge in [0.1, 0.15) is 11.5 Å². The molecule has 3 aromatic carbocycles. The molecule has 0 aliphatic carbocycles. The first kappa shape index (κ1) is 27.3. The Balaban J connectivity index is 1.93. The number of aliphatic hydroxyl groups excluding tert-OH is 1. The molecule has 0 aliphatic rings. The lowest BCUT2D eigenvalue weighted by Crippen LogP contribution is -2.41. The highest BCUT2D eigenvalue weighted by atomic mass is 19.4. The number of aliphatic hydroxyl groups is 1. The molecule has 194 valence electrons. The van der Waals surface area contributed by atoms with E-state index in [4.69, 9.17) is 4.74 Å². The monoisotopic (exact) mass is 519 g/mol. The predicted octanol–water partition coefficient (Wildman–Crippen LogP) is 7.37. The van der Waals surface area contributed by atoms with Crippen molar-refractivity contribution in [2.75, 3.05) is 11.4 Å². The minimum absolute atomic E-state index is 0.115. The number of anilines is 1. The van der Waals surface area contributed by atoms with Gasteiger partial charge in [0.2, 0.25) is 0 Å². The highest BCUT2D eigenvalue weighted by Gasteiger charge is 2.58. The maximum Gasteiger partial charge on any atom is 0.458 e. The molecule has 0 amide bonds. The van der Waals surface area contributed by atoms with Gasteiger partial charge in [0.25, 0.3) is 0 Å². The van der Waals surface area contributed by atoms with E-state index in [1.54, 1.807) is 24.3 Å². The zero-order valence-corrected chi connectivity index (χ0v) is 18.7. The summed E-state index contributed by atoms with van der Waals surface area (Å²) in [6, 6.07) is 16.0. The van der Waals surface area contributed by atoms with Crippen LogP contribution in [0.15, 0.2) is 72.8 Å². The van der Waals surface area contributed by atoms with Crippen LogP contribution in [0.4, 0.5) is 40.8 Å². The van der Waals surface area contributed by atoms with Gasteiger partial charge in [-0.25, -0.2) is 0 Å². The van der Waals surface area contributed by atoms with Gasteiger partial charge in [-0.05, 0) is 42.8 Å². The lowest BCUT2D eigenvalue weighted by molar-refractivity contribution is -0.289. The van der Waals surface area contributed by atoms with Crippen molar-refractivity contribution in [2.24, 2.45) is 0 Å². The van der Waals surface area contributed by atoms with Gasteiger partial charge in [-0.15, -0.1) is 0 Å². The SMILES string of the molecule is Cc1ccc(Oc2cccc(N(Cc3cccc(C(F)(F)C(F)(F)F)c3)C[C@@H](O)C(F)(F)F)c2)cc1. The molecule has 1 N–H and O–H groups in total. The molecule has 36 heavy (non-hydrogen) atoms. The fraction of sp³-hybridized carbons (Fsp3) is 0.280.